The summed E-state index contributed by atoms with van der Waals surface area (Å²) < 4.78 is 31.8. The van der Waals surface area contributed by atoms with Crippen LogP contribution in [0.4, 0.5) is 0 Å². The molecule has 0 heterocycles. The summed E-state index contributed by atoms with van der Waals surface area (Å²) in [5, 5.41) is 6.39. The molecule has 0 saturated heterocycles. The molecular weight excluding hydrogens is 368 g/mol. The zero-order valence-electron chi connectivity index (χ0n) is 16.5. The van der Waals surface area contributed by atoms with Crippen molar-refractivity contribution in [3.8, 4) is 0 Å². The van der Waals surface area contributed by atoms with Crippen LogP contribution in [0.15, 0.2) is 4.99 Å². The van der Waals surface area contributed by atoms with Crippen LogP contribution in [0.1, 0.15) is 51.9 Å². The molecule has 0 aromatic carbocycles. The fourth-order valence-corrected chi connectivity index (χ4v) is 4.44. The number of nitrogens with one attached hydrogen (secondary N) is 3. The third-order valence-corrected chi connectivity index (χ3v) is 6.74. The first-order valence-electron chi connectivity index (χ1n) is 10.0. The molecule has 0 atom stereocenters. The van der Waals surface area contributed by atoms with E-state index < -0.39 is 10.0 Å². The van der Waals surface area contributed by atoms with E-state index in [2.05, 4.69) is 20.3 Å². The van der Waals surface area contributed by atoms with Gasteiger partial charge < -0.3 is 15.4 Å². The molecule has 0 radical (unpaired) electrons. The van der Waals surface area contributed by atoms with Crippen LogP contribution in [-0.2, 0) is 19.6 Å². The molecule has 2 saturated carbocycles. The molecule has 9 heteroatoms. The molecule has 0 amide bonds. The van der Waals surface area contributed by atoms with Crippen molar-refractivity contribution in [1.29, 1.82) is 0 Å². The van der Waals surface area contributed by atoms with E-state index in [9.17, 15) is 13.2 Å². The van der Waals surface area contributed by atoms with Gasteiger partial charge in [-0.25, -0.2) is 13.1 Å². The van der Waals surface area contributed by atoms with E-state index in [1.807, 2.05) is 6.92 Å². The van der Waals surface area contributed by atoms with E-state index in [0.29, 0.717) is 31.6 Å². The smallest absolute Gasteiger partial charge is 0.308 e. The normalized spacial score (nSPS) is 24.1. The Balaban J connectivity index is 1.65. The maximum absolute atomic E-state index is 12.0. The SMILES string of the molecule is CCOC(=O)C1CCC(NC(=NC)NCCS(=O)(=O)NCC2CCC2)CC1. The standard InChI is InChI=1S/C18H34N4O4S/c1-3-26-17(23)15-7-9-16(10-8-15)22-18(19-2)20-11-12-27(24,25)21-13-14-5-4-6-14/h14-16,21H,3-13H2,1-2H3,(H2,19,20,22). The van der Waals surface area contributed by atoms with Crippen LogP contribution in [0.2, 0.25) is 0 Å². The fraction of sp³-hybridized carbons (Fsp3) is 0.889. The Morgan fingerprint density at radius 1 is 1.15 bits per heavy atom. The number of guanidine groups is 1. The second kappa shape index (κ2) is 10.8. The van der Waals surface area contributed by atoms with Crippen LogP contribution >= 0.6 is 0 Å². The molecule has 2 rings (SSSR count). The maximum atomic E-state index is 12.0. The van der Waals surface area contributed by atoms with Gasteiger partial charge in [0.15, 0.2) is 5.96 Å². The van der Waals surface area contributed by atoms with E-state index in [4.69, 9.17) is 4.74 Å². The van der Waals surface area contributed by atoms with Gasteiger partial charge in [-0.05, 0) is 51.4 Å². The first-order chi connectivity index (χ1) is 12.9. The van der Waals surface area contributed by atoms with E-state index in [1.54, 1.807) is 7.05 Å². The summed E-state index contributed by atoms with van der Waals surface area (Å²) in [4.78, 5) is 16.0. The van der Waals surface area contributed by atoms with Gasteiger partial charge in [0.25, 0.3) is 0 Å². The monoisotopic (exact) mass is 402 g/mol. The summed E-state index contributed by atoms with van der Waals surface area (Å²) in [6.07, 6.45) is 6.78. The highest BCUT2D eigenvalue weighted by Gasteiger charge is 2.27. The van der Waals surface area contributed by atoms with Crippen LogP contribution in [0.25, 0.3) is 0 Å². The Morgan fingerprint density at radius 2 is 1.85 bits per heavy atom. The summed E-state index contributed by atoms with van der Waals surface area (Å²) in [7, 11) is -1.59. The average molecular weight is 403 g/mol. The quantitative estimate of drug-likeness (QED) is 0.301. The minimum atomic E-state index is -3.26. The number of carbonyl (C=O) groups excluding carboxylic acids is 1. The van der Waals surface area contributed by atoms with Crippen molar-refractivity contribution < 1.29 is 17.9 Å². The Hall–Kier alpha value is -1.35. The number of sulfonamides is 1. The van der Waals surface area contributed by atoms with Crippen LogP contribution in [-0.4, -0.2) is 58.9 Å². The van der Waals surface area contributed by atoms with Crippen LogP contribution in [0, 0.1) is 11.8 Å². The molecule has 0 aromatic heterocycles. The van der Waals surface area contributed by atoms with Gasteiger partial charge in [0.2, 0.25) is 10.0 Å². The largest absolute Gasteiger partial charge is 0.466 e. The molecule has 0 aliphatic heterocycles. The second-order valence-electron chi connectivity index (χ2n) is 7.41. The van der Waals surface area contributed by atoms with Gasteiger partial charge in [0.05, 0.1) is 18.3 Å². The van der Waals surface area contributed by atoms with E-state index in [0.717, 1.165) is 38.5 Å². The highest BCUT2D eigenvalue weighted by molar-refractivity contribution is 7.89. The van der Waals surface area contributed by atoms with Crippen molar-refractivity contribution in [2.45, 2.75) is 57.9 Å². The molecule has 27 heavy (non-hydrogen) atoms. The maximum Gasteiger partial charge on any atom is 0.308 e. The summed E-state index contributed by atoms with van der Waals surface area (Å²) in [6, 6.07) is 0.232. The average Bonchev–Trinajstić information content (AvgIpc) is 2.60. The van der Waals surface area contributed by atoms with Crippen LogP contribution in [0.5, 0.6) is 0 Å². The molecule has 156 valence electrons. The number of esters is 1. The third-order valence-electron chi connectivity index (χ3n) is 5.39. The van der Waals surface area contributed by atoms with Crippen molar-refractivity contribution >= 4 is 22.0 Å². The fourth-order valence-electron chi connectivity index (χ4n) is 3.44. The summed E-state index contributed by atoms with van der Waals surface area (Å²) in [5.41, 5.74) is 0. The lowest BCUT2D eigenvalue weighted by atomic mass is 9.86. The van der Waals surface area contributed by atoms with Gasteiger partial charge in [0, 0.05) is 26.2 Å². The van der Waals surface area contributed by atoms with Gasteiger partial charge in [-0.15, -0.1) is 0 Å². The number of aliphatic imine (C=N–C) groups is 1. The molecule has 2 aliphatic rings. The number of hydrogen-bond acceptors (Lipinski definition) is 5. The van der Waals surface area contributed by atoms with Crippen molar-refractivity contribution in [2.75, 3.05) is 32.5 Å². The molecule has 2 aliphatic carbocycles. The van der Waals surface area contributed by atoms with Gasteiger partial charge in [-0.1, -0.05) is 6.42 Å². The summed E-state index contributed by atoms with van der Waals surface area (Å²) in [6.45, 7) is 3.10. The Kier molecular flexibility index (Phi) is 8.82. The van der Waals surface area contributed by atoms with E-state index in [1.165, 1.54) is 6.42 Å². The predicted molar refractivity (Wildman–Crippen MR) is 106 cm³/mol. The van der Waals surface area contributed by atoms with Crippen molar-refractivity contribution in [1.82, 2.24) is 15.4 Å². The number of nitrogens with zero attached hydrogens (tertiary/aromatic N) is 1. The summed E-state index contributed by atoms with van der Waals surface area (Å²) >= 11 is 0. The van der Waals surface area contributed by atoms with Gasteiger partial charge in [0.1, 0.15) is 0 Å². The minimum Gasteiger partial charge on any atom is -0.466 e. The van der Waals surface area contributed by atoms with Crippen LogP contribution in [0.3, 0.4) is 0 Å². The van der Waals surface area contributed by atoms with Gasteiger partial charge in [-0.2, -0.15) is 0 Å². The van der Waals surface area contributed by atoms with E-state index in [-0.39, 0.29) is 23.7 Å². The van der Waals surface area contributed by atoms with Crippen molar-refractivity contribution in [2.24, 2.45) is 16.8 Å². The Morgan fingerprint density at radius 3 is 2.41 bits per heavy atom. The number of carbonyl (C=O) groups is 1. The predicted octanol–water partition coefficient (Wildman–Crippen LogP) is 0.993. The first-order valence-corrected chi connectivity index (χ1v) is 11.7. The van der Waals surface area contributed by atoms with Crippen molar-refractivity contribution in [3.63, 3.8) is 0 Å². The van der Waals surface area contributed by atoms with Gasteiger partial charge >= 0.3 is 5.97 Å². The molecule has 0 unspecified atom stereocenters. The summed E-state index contributed by atoms with van der Waals surface area (Å²) in [5.74, 6) is 1.02. The second-order valence-corrected chi connectivity index (χ2v) is 9.33. The number of ether oxygens (including phenoxy) is 1. The molecule has 3 N–H and O–H groups in total. The molecule has 2 fully saturated rings. The first kappa shape index (κ1) is 21.9. The van der Waals surface area contributed by atoms with Gasteiger partial charge in [-0.3, -0.25) is 9.79 Å². The highest BCUT2D eigenvalue weighted by Crippen LogP contribution is 2.26. The zero-order valence-corrected chi connectivity index (χ0v) is 17.3. The lowest BCUT2D eigenvalue weighted by Crippen LogP contribution is -2.47. The zero-order chi connectivity index (χ0) is 19.7. The molecular formula is C18H34N4O4S. The highest BCUT2D eigenvalue weighted by atomic mass is 32.2. The Bertz CT molecular complexity index is 596. The molecule has 0 bridgehead atoms. The molecule has 8 nitrogen and oxygen atoms in total. The molecule has 0 aromatic rings. The lowest BCUT2D eigenvalue weighted by Gasteiger charge is -2.29. The topological polar surface area (TPSA) is 109 Å². The lowest BCUT2D eigenvalue weighted by molar-refractivity contribution is -0.149. The number of rotatable bonds is 9. The van der Waals surface area contributed by atoms with E-state index >= 15 is 0 Å². The number of hydrogen-bond donors (Lipinski definition) is 3. The van der Waals surface area contributed by atoms with Crippen molar-refractivity contribution in [3.05, 3.63) is 0 Å². The molecule has 0 spiro atoms. The Labute approximate surface area is 163 Å². The third kappa shape index (κ3) is 7.65. The van der Waals surface area contributed by atoms with Crippen LogP contribution < -0.4 is 15.4 Å². The minimum absolute atomic E-state index is 0.00939.